The van der Waals surface area contributed by atoms with Crippen LogP contribution in [0.2, 0.25) is 0 Å². The zero-order chi connectivity index (χ0) is 51.6. The van der Waals surface area contributed by atoms with Crippen LogP contribution in [-0.4, -0.2) is 147 Å². The largest absolute Gasteiger partial charge is 0.381 e. The normalized spacial score (nSPS) is 25.7. The first-order valence-electron chi connectivity index (χ1n) is 28.4. The van der Waals surface area contributed by atoms with Gasteiger partial charge in [-0.1, -0.05) is 31.5 Å². The fourth-order valence-corrected chi connectivity index (χ4v) is 14.0. The number of anilines is 3. The minimum absolute atomic E-state index is 0.0773. The zero-order valence-electron chi connectivity index (χ0n) is 44.2. The molecule has 7 fully saturated rings. The predicted octanol–water partition coefficient (Wildman–Crippen LogP) is 6.95. The SMILES string of the molecule is CC(C)n1cnc2cc(-c3ccc4c(c3)N(C3CC(N5CCCCC5)C3)C(=O)C43CCN(C(=O)C4(C)CCN(C(=O)C5CCN(c6ccc([C@H]7CCC(=O)NC7=O)cn6)CC5)CC4)CC3)nc(NC3CCOCC3)c21. The first kappa shape index (κ1) is 49.9. The molecule has 10 heterocycles. The average Bonchev–Trinajstić information content (AvgIpc) is 3.98. The summed E-state index contributed by atoms with van der Waals surface area (Å²) in [5.74, 6) is 1.22. The maximum absolute atomic E-state index is 15.4. The summed E-state index contributed by atoms with van der Waals surface area (Å²) in [7, 11) is 0. The number of ether oxygens (including phenoxy) is 1. The van der Waals surface area contributed by atoms with Crippen LogP contribution in [0.15, 0.2) is 48.9 Å². The molecule has 12 rings (SSSR count). The third-order valence-electron chi connectivity index (χ3n) is 18.9. The van der Waals surface area contributed by atoms with Gasteiger partial charge in [-0.15, -0.1) is 0 Å². The number of nitrogens with zero attached hydrogens (tertiary/aromatic N) is 9. The number of rotatable bonds is 10. The van der Waals surface area contributed by atoms with E-state index in [0.29, 0.717) is 83.8 Å². The molecule has 3 aromatic heterocycles. The Labute approximate surface area is 440 Å². The van der Waals surface area contributed by atoms with E-state index in [4.69, 9.17) is 14.7 Å². The van der Waals surface area contributed by atoms with E-state index in [1.54, 1.807) is 6.20 Å². The van der Waals surface area contributed by atoms with E-state index in [-0.39, 0.29) is 59.5 Å². The van der Waals surface area contributed by atoms with Gasteiger partial charge in [-0.2, -0.15) is 0 Å². The van der Waals surface area contributed by atoms with Gasteiger partial charge in [0, 0.05) is 112 Å². The summed E-state index contributed by atoms with van der Waals surface area (Å²) >= 11 is 0. The molecule has 4 aromatic rings. The lowest BCUT2D eigenvalue weighted by Crippen LogP contribution is -2.59. The Morgan fingerprint density at radius 1 is 0.800 bits per heavy atom. The monoisotopic (exact) mass is 1020 g/mol. The number of nitrogens with one attached hydrogen (secondary N) is 2. The molecule has 1 aromatic carbocycles. The number of pyridine rings is 2. The number of likely N-dealkylation sites (tertiary alicyclic amines) is 3. The summed E-state index contributed by atoms with van der Waals surface area (Å²) in [5, 5.41) is 6.22. The van der Waals surface area contributed by atoms with Crippen LogP contribution in [0, 0.1) is 11.3 Å². The summed E-state index contributed by atoms with van der Waals surface area (Å²) in [6, 6.07) is 13.6. The van der Waals surface area contributed by atoms with E-state index in [2.05, 4.69) is 79.9 Å². The lowest BCUT2D eigenvalue weighted by atomic mass is 9.72. The van der Waals surface area contributed by atoms with Gasteiger partial charge in [-0.05, 0) is 140 Å². The Bertz CT molecular complexity index is 2820. The number of hydrogen-bond donors (Lipinski definition) is 2. The van der Waals surface area contributed by atoms with E-state index in [1.807, 2.05) is 28.3 Å². The molecule has 0 unspecified atom stereocenters. The molecular weight excluding hydrogens is 947 g/mol. The molecule has 1 spiro atoms. The van der Waals surface area contributed by atoms with Gasteiger partial charge in [-0.25, -0.2) is 15.0 Å². The summed E-state index contributed by atoms with van der Waals surface area (Å²) in [5.41, 5.74) is 5.30. The molecule has 1 aliphatic carbocycles. The Morgan fingerprint density at radius 3 is 2.23 bits per heavy atom. The number of fused-ring (bicyclic) bond motifs is 3. The van der Waals surface area contributed by atoms with Crippen LogP contribution in [0.4, 0.5) is 17.3 Å². The second-order valence-electron chi connectivity index (χ2n) is 23.8. The van der Waals surface area contributed by atoms with E-state index in [9.17, 15) is 19.2 Å². The lowest BCUT2D eigenvalue weighted by Gasteiger charge is -2.48. The minimum atomic E-state index is -0.703. The molecule has 0 radical (unpaired) electrons. The molecule has 5 amide bonds. The summed E-state index contributed by atoms with van der Waals surface area (Å²) in [6.45, 7) is 13.7. The van der Waals surface area contributed by atoms with E-state index >= 15 is 4.79 Å². The van der Waals surface area contributed by atoms with Crippen molar-refractivity contribution < 1.29 is 28.7 Å². The van der Waals surface area contributed by atoms with E-state index in [1.165, 1.54) is 19.3 Å². The van der Waals surface area contributed by atoms with Gasteiger partial charge in [-0.3, -0.25) is 29.3 Å². The molecule has 8 aliphatic rings. The molecule has 1 saturated carbocycles. The smallest absolute Gasteiger partial charge is 0.238 e. The second-order valence-corrected chi connectivity index (χ2v) is 23.8. The van der Waals surface area contributed by atoms with Crippen molar-refractivity contribution in [3.63, 3.8) is 0 Å². The van der Waals surface area contributed by atoms with Crippen LogP contribution >= 0.6 is 0 Å². The van der Waals surface area contributed by atoms with Crippen molar-refractivity contribution in [3.8, 4) is 11.3 Å². The minimum Gasteiger partial charge on any atom is -0.381 e. The molecule has 17 heteroatoms. The summed E-state index contributed by atoms with van der Waals surface area (Å²) < 4.78 is 7.89. The highest BCUT2D eigenvalue weighted by atomic mass is 16.5. The van der Waals surface area contributed by atoms with Gasteiger partial charge in [0.05, 0.1) is 28.9 Å². The van der Waals surface area contributed by atoms with Crippen molar-refractivity contribution >= 4 is 57.9 Å². The standard InChI is InChI=1S/C58H75N11O6/c1-37(2)68-36-60-47-34-46(62-52(51(47)68)61-41-15-29-75-30-16-41)39-7-10-45-48(31-39)69(43-32-42(33-43)64-21-5-4-6-22-64)56(74)58(45)19-27-67(28-20-58)55(73)57(3)17-25-66(26-18-57)54(72)38-13-23-65(24-14-38)49-11-8-40(35-59-49)44-9-12-50(70)63-53(44)71/h7-8,10-11,31,34-38,41-44H,4-6,9,12-30,32-33H2,1-3H3,(H,61,62)(H,63,70,71)/t42?,43?,44-/m1/s1. The summed E-state index contributed by atoms with van der Waals surface area (Å²) in [6.07, 6.45) is 15.9. The van der Waals surface area contributed by atoms with Gasteiger partial charge >= 0.3 is 0 Å². The molecule has 6 saturated heterocycles. The molecular formula is C58H75N11O6. The number of amides is 5. The molecule has 17 nitrogen and oxygen atoms in total. The maximum Gasteiger partial charge on any atom is 0.238 e. The number of imide groups is 1. The highest BCUT2D eigenvalue weighted by Crippen LogP contribution is 2.53. The predicted molar refractivity (Wildman–Crippen MR) is 286 cm³/mol. The van der Waals surface area contributed by atoms with Gasteiger partial charge in [0.25, 0.3) is 0 Å². The maximum atomic E-state index is 15.4. The Kier molecular flexibility index (Phi) is 13.4. The molecule has 398 valence electrons. The number of carbonyl (C=O) groups excluding carboxylic acids is 5. The number of hydrogen-bond acceptors (Lipinski definition) is 12. The quantitative estimate of drug-likeness (QED) is 0.157. The number of piperidine rings is 5. The van der Waals surface area contributed by atoms with Crippen LogP contribution < -0.4 is 20.4 Å². The second kappa shape index (κ2) is 20.2. The third-order valence-corrected chi connectivity index (χ3v) is 18.9. The van der Waals surface area contributed by atoms with Crippen molar-refractivity contribution in [1.29, 1.82) is 0 Å². The van der Waals surface area contributed by atoms with Crippen molar-refractivity contribution in [2.45, 2.75) is 153 Å². The van der Waals surface area contributed by atoms with Crippen LogP contribution in [0.1, 0.15) is 140 Å². The highest BCUT2D eigenvalue weighted by Gasteiger charge is 2.56. The Balaban J connectivity index is 0.714. The lowest BCUT2D eigenvalue weighted by molar-refractivity contribution is -0.150. The number of imidazole rings is 1. The first-order chi connectivity index (χ1) is 36.4. The van der Waals surface area contributed by atoms with E-state index < -0.39 is 10.8 Å². The summed E-state index contributed by atoms with van der Waals surface area (Å²) in [4.78, 5) is 93.9. The fraction of sp³-hybridized carbons (Fsp3) is 0.621. The third kappa shape index (κ3) is 9.26. The highest BCUT2D eigenvalue weighted by molar-refractivity contribution is 6.09. The number of benzene rings is 1. The average molecular weight is 1020 g/mol. The van der Waals surface area contributed by atoms with Gasteiger partial charge in [0.15, 0.2) is 5.82 Å². The molecule has 2 N–H and O–H groups in total. The first-order valence-corrected chi connectivity index (χ1v) is 28.4. The molecule has 0 bridgehead atoms. The van der Waals surface area contributed by atoms with Crippen molar-refractivity contribution in [1.82, 2.24) is 39.5 Å². The van der Waals surface area contributed by atoms with E-state index in [0.717, 1.165) is 116 Å². The van der Waals surface area contributed by atoms with Crippen LogP contribution in [0.5, 0.6) is 0 Å². The van der Waals surface area contributed by atoms with Crippen LogP contribution in [-0.2, 0) is 34.1 Å². The van der Waals surface area contributed by atoms with Crippen molar-refractivity contribution in [2.24, 2.45) is 11.3 Å². The number of aromatic nitrogens is 4. The zero-order valence-corrected chi connectivity index (χ0v) is 44.2. The fourth-order valence-electron chi connectivity index (χ4n) is 14.0. The Morgan fingerprint density at radius 2 is 1.53 bits per heavy atom. The molecule has 75 heavy (non-hydrogen) atoms. The molecule has 1 atom stereocenters. The van der Waals surface area contributed by atoms with Gasteiger partial charge in [0.2, 0.25) is 29.5 Å². The van der Waals surface area contributed by atoms with Crippen molar-refractivity contribution in [2.75, 3.05) is 80.7 Å². The van der Waals surface area contributed by atoms with Crippen LogP contribution in [0.25, 0.3) is 22.3 Å². The van der Waals surface area contributed by atoms with Gasteiger partial charge < -0.3 is 39.1 Å². The van der Waals surface area contributed by atoms with Gasteiger partial charge in [0.1, 0.15) is 11.3 Å². The molecule has 7 aliphatic heterocycles. The van der Waals surface area contributed by atoms with Crippen LogP contribution in [0.3, 0.4) is 0 Å². The Hall–Kier alpha value is -5.94. The number of carbonyl (C=O) groups is 5. The topological polar surface area (TPSA) is 178 Å². The van der Waals surface area contributed by atoms with Crippen molar-refractivity contribution in [3.05, 3.63) is 60.0 Å².